The van der Waals surface area contributed by atoms with Gasteiger partial charge in [-0.05, 0) is 57.0 Å². The molecule has 0 atom stereocenters. The number of aryl methyl sites for hydroxylation is 1. The van der Waals surface area contributed by atoms with Crippen LogP contribution < -0.4 is 10.0 Å². The highest BCUT2D eigenvalue weighted by atomic mass is 32.2. The molecule has 1 aromatic carbocycles. The van der Waals surface area contributed by atoms with Gasteiger partial charge in [-0.1, -0.05) is 13.0 Å². The molecule has 0 aliphatic carbocycles. The van der Waals surface area contributed by atoms with E-state index < -0.39 is 10.0 Å². The summed E-state index contributed by atoms with van der Waals surface area (Å²) in [5, 5.41) is 3.22. The molecule has 0 unspecified atom stereocenters. The first-order valence-electron chi connectivity index (χ1n) is 6.61. The van der Waals surface area contributed by atoms with Crippen LogP contribution in [0, 0.1) is 13.8 Å². The summed E-state index contributed by atoms with van der Waals surface area (Å²) in [4.78, 5) is 0.383. The minimum absolute atomic E-state index is 0.109. The Balaban J connectivity index is 3.22. The highest BCUT2D eigenvalue weighted by Gasteiger charge is 2.19. The van der Waals surface area contributed by atoms with Crippen molar-refractivity contribution >= 4 is 10.0 Å². The van der Waals surface area contributed by atoms with E-state index in [1.54, 1.807) is 6.07 Å². The topological polar surface area (TPSA) is 58.2 Å². The Kier molecular flexibility index (Phi) is 5.52. The predicted molar refractivity (Wildman–Crippen MR) is 78.8 cm³/mol. The average Bonchev–Trinajstić information content (AvgIpc) is 2.28. The number of nitrogens with one attached hydrogen (secondary N) is 2. The molecule has 1 aromatic rings. The van der Waals surface area contributed by atoms with Crippen molar-refractivity contribution in [3.63, 3.8) is 0 Å². The lowest BCUT2D eigenvalue weighted by Gasteiger charge is -2.15. The van der Waals surface area contributed by atoms with E-state index in [9.17, 15) is 8.42 Å². The zero-order valence-electron chi connectivity index (χ0n) is 12.4. The van der Waals surface area contributed by atoms with Gasteiger partial charge < -0.3 is 5.32 Å². The molecule has 4 nitrogen and oxygen atoms in total. The first-order chi connectivity index (χ1) is 8.77. The van der Waals surface area contributed by atoms with E-state index in [2.05, 4.69) is 10.0 Å². The maximum Gasteiger partial charge on any atom is 0.241 e. The van der Waals surface area contributed by atoms with Crippen LogP contribution in [0.3, 0.4) is 0 Å². The fraction of sp³-hybridized carbons (Fsp3) is 0.571. The van der Waals surface area contributed by atoms with Crippen molar-refractivity contribution in [1.82, 2.24) is 10.0 Å². The summed E-state index contributed by atoms with van der Waals surface area (Å²) in [5.41, 5.74) is 2.81. The fourth-order valence-electron chi connectivity index (χ4n) is 1.92. The molecule has 0 saturated carbocycles. The fourth-order valence-corrected chi connectivity index (χ4v) is 3.54. The molecule has 0 saturated heterocycles. The van der Waals surface area contributed by atoms with Gasteiger partial charge in [0.05, 0.1) is 4.90 Å². The Bertz CT molecular complexity index is 537. The zero-order valence-corrected chi connectivity index (χ0v) is 13.2. The third-order valence-electron chi connectivity index (χ3n) is 2.94. The summed E-state index contributed by atoms with van der Waals surface area (Å²) < 4.78 is 27.3. The summed E-state index contributed by atoms with van der Waals surface area (Å²) >= 11 is 0. The van der Waals surface area contributed by atoms with E-state index in [0.29, 0.717) is 11.4 Å². The van der Waals surface area contributed by atoms with Crippen molar-refractivity contribution in [3.8, 4) is 0 Å². The van der Waals surface area contributed by atoms with Crippen LogP contribution >= 0.6 is 0 Å². The first-order valence-corrected chi connectivity index (χ1v) is 8.09. The van der Waals surface area contributed by atoms with Crippen molar-refractivity contribution in [3.05, 3.63) is 28.8 Å². The third kappa shape index (κ3) is 4.30. The van der Waals surface area contributed by atoms with Crippen molar-refractivity contribution in [2.45, 2.75) is 52.1 Å². The van der Waals surface area contributed by atoms with Gasteiger partial charge in [0.2, 0.25) is 10.0 Å². The lowest BCUT2D eigenvalue weighted by Crippen LogP contribution is -2.31. The SMILES string of the molecule is CCNCc1cc(C)c(C)c(S(=O)(=O)NC(C)C)c1. The second-order valence-corrected chi connectivity index (χ2v) is 6.77. The highest BCUT2D eigenvalue weighted by molar-refractivity contribution is 7.89. The van der Waals surface area contributed by atoms with Crippen molar-refractivity contribution in [1.29, 1.82) is 0 Å². The van der Waals surface area contributed by atoms with Crippen molar-refractivity contribution in [2.75, 3.05) is 6.54 Å². The molecule has 0 aromatic heterocycles. The second kappa shape index (κ2) is 6.50. The summed E-state index contributed by atoms with van der Waals surface area (Å²) in [6.45, 7) is 11.0. The lowest BCUT2D eigenvalue weighted by atomic mass is 10.1. The van der Waals surface area contributed by atoms with Crippen LogP contribution in [0.5, 0.6) is 0 Å². The van der Waals surface area contributed by atoms with Crippen LogP contribution in [0.4, 0.5) is 0 Å². The first kappa shape index (κ1) is 16.1. The van der Waals surface area contributed by atoms with E-state index in [1.807, 2.05) is 40.7 Å². The van der Waals surface area contributed by atoms with Crippen LogP contribution in [0.25, 0.3) is 0 Å². The summed E-state index contributed by atoms with van der Waals surface area (Å²) in [7, 11) is -3.44. The van der Waals surface area contributed by atoms with Crippen LogP contribution in [0.2, 0.25) is 0 Å². The van der Waals surface area contributed by atoms with Crippen LogP contribution in [-0.2, 0) is 16.6 Å². The highest BCUT2D eigenvalue weighted by Crippen LogP contribution is 2.21. The quantitative estimate of drug-likeness (QED) is 0.841. The Morgan fingerprint density at radius 2 is 1.84 bits per heavy atom. The van der Waals surface area contributed by atoms with Crippen LogP contribution in [0.1, 0.15) is 37.5 Å². The molecule has 0 spiro atoms. The molecular weight excluding hydrogens is 260 g/mol. The molecule has 0 amide bonds. The van der Waals surface area contributed by atoms with Gasteiger partial charge in [-0.2, -0.15) is 0 Å². The predicted octanol–water partition coefficient (Wildman–Crippen LogP) is 2.10. The zero-order chi connectivity index (χ0) is 14.6. The number of hydrogen-bond acceptors (Lipinski definition) is 3. The Hall–Kier alpha value is -0.910. The molecule has 0 aliphatic rings. The number of sulfonamides is 1. The summed E-state index contributed by atoms with van der Waals surface area (Å²) in [5.74, 6) is 0. The van der Waals surface area contributed by atoms with Crippen LogP contribution in [-0.4, -0.2) is 21.0 Å². The summed E-state index contributed by atoms with van der Waals surface area (Å²) in [6.07, 6.45) is 0. The largest absolute Gasteiger partial charge is 0.313 e. The molecule has 5 heteroatoms. The van der Waals surface area contributed by atoms with E-state index >= 15 is 0 Å². The minimum atomic E-state index is -3.44. The molecule has 1 rings (SSSR count). The van der Waals surface area contributed by atoms with Gasteiger partial charge in [-0.15, -0.1) is 0 Å². The Labute approximate surface area is 116 Å². The maximum absolute atomic E-state index is 12.3. The van der Waals surface area contributed by atoms with Gasteiger partial charge in [0.1, 0.15) is 0 Å². The van der Waals surface area contributed by atoms with Gasteiger partial charge in [-0.25, -0.2) is 13.1 Å². The van der Waals surface area contributed by atoms with Crippen molar-refractivity contribution < 1.29 is 8.42 Å². The molecule has 108 valence electrons. The van der Waals surface area contributed by atoms with Gasteiger partial charge in [0, 0.05) is 12.6 Å². The monoisotopic (exact) mass is 284 g/mol. The molecule has 0 fully saturated rings. The smallest absolute Gasteiger partial charge is 0.241 e. The third-order valence-corrected chi connectivity index (χ3v) is 4.72. The number of benzene rings is 1. The van der Waals surface area contributed by atoms with E-state index in [4.69, 9.17) is 0 Å². The van der Waals surface area contributed by atoms with E-state index in [1.165, 1.54) is 0 Å². The molecule has 0 bridgehead atoms. The molecule has 2 N–H and O–H groups in total. The molecule has 0 heterocycles. The average molecular weight is 284 g/mol. The van der Waals surface area contributed by atoms with Gasteiger partial charge in [0.15, 0.2) is 0 Å². The standard InChI is InChI=1S/C14H24N2O2S/c1-6-15-9-13-7-11(4)12(5)14(8-13)19(17,18)16-10(2)3/h7-8,10,15-16H,6,9H2,1-5H3. The van der Waals surface area contributed by atoms with E-state index in [0.717, 1.165) is 23.2 Å². The van der Waals surface area contributed by atoms with Gasteiger partial charge in [-0.3, -0.25) is 0 Å². The molecule has 19 heavy (non-hydrogen) atoms. The molecule has 0 radical (unpaired) electrons. The normalized spacial score (nSPS) is 12.1. The van der Waals surface area contributed by atoms with Gasteiger partial charge >= 0.3 is 0 Å². The summed E-state index contributed by atoms with van der Waals surface area (Å²) in [6, 6.07) is 3.68. The number of hydrogen-bond donors (Lipinski definition) is 2. The number of rotatable bonds is 6. The van der Waals surface area contributed by atoms with Crippen molar-refractivity contribution in [2.24, 2.45) is 0 Å². The van der Waals surface area contributed by atoms with E-state index in [-0.39, 0.29) is 6.04 Å². The Morgan fingerprint density at radius 1 is 1.21 bits per heavy atom. The minimum Gasteiger partial charge on any atom is -0.313 e. The maximum atomic E-state index is 12.3. The lowest BCUT2D eigenvalue weighted by molar-refractivity contribution is 0.569. The second-order valence-electron chi connectivity index (χ2n) is 5.09. The van der Waals surface area contributed by atoms with Gasteiger partial charge in [0.25, 0.3) is 0 Å². The van der Waals surface area contributed by atoms with Crippen LogP contribution in [0.15, 0.2) is 17.0 Å². The molecule has 0 aliphatic heterocycles. The Morgan fingerprint density at radius 3 is 2.37 bits per heavy atom. The molecular formula is C14H24N2O2S.